The average molecular weight is 331 g/mol. The standard InChI is InChI=1S/C15H13N3O4S/c1-21-15(20)18-5-4-9-10(7-16)14(23-12(9)8-18)17-13(19)11-3-2-6-22-11/h2-3,6H,4-5,8H2,1H3,(H,17,19). The molecule has 8 heteroatoms. The van der Waals surface area contributed by atoms with Crippen molar-refractivity contribution in [2.24, 2.45) is 0 Å². The number of furan rings is 1. The number of hydrogen-bond donors (Lipinski definition) is 1. The number of amides is 2. The highest BCUT2D eigenvalue weighted by atomic mass is 32.1. The van der Waals surface area contributed by atoms with Crippen LogP contribution < -0.4 is 5.32 Å². The zero-order valence-corrected chi connectivity index (χ0v) is 13.1. The Balaban J connectivity index is 1.86. The summed E-state index contributed by atoms with van der Waals surface area (Å²) >= 11 is 1.30. The third-order valence-electron chi connectivity index (χ3n) is 3.57. The Hall–Kier alpha value is -2.79. The van der Waals surface area contributed by atoms with Crippen molar-refractivity contribution in [1.29, 1.82) is 5.26 Å². The molecule has 0 radical (unpaired) electrons. The molecule has 0 aliphatic carbocycles. The molecule has 1 aliphatic rings. The van der Waals surface area contributed by atoms with E-state index in [0.29, 0.717) is 30.1 Å². The Labute approximate surface area is 136 Å². The SMILES string of the molecule is COC(=O)N1CCc2c(sc(NC(=O)c3ccco3)c2C#N)C1. The maximum atomic E-state index is 12.1. The number of nitrogens with zero attached hydrogens (tertiary/aromatic N) is 2. The molecule has 0 aromatic carbocycles. The predicted molar refractivity (Wildman–Crippen MR) is 82.2 cm³/mol. The lowest BCUT2D eigenvalue weighted by Gasteiger charge is -2.25. The van der Waals surface area contributed by atoms with E-state index >= 15 is 0 Å². The zero-order chi connectivity index (χ0) is 16.4. The lowest BCUT2D eigenvalue weighted by molar-refractivity contribution is 0.0997. The van der Waals surface area contributed by atoms with E-state index in [1.165, 1.54) is 24.7 Å². The molecule has 0 unspecified atom stereocenters. The van der Waals surface area contributed by atoms with E-state index in [9.17, 15) is 14.9 Å². The molecule has 0 saturated heterocycles. The molecule has 118 valence electrons. The van der Waals surface area contributed by atoms with E-state index in [1.54, 1.807) is 17.0 Å². The molecule has 2 aromatic rings. The van der Waals surface area contributed by atoms with Crippen LogP contribution >= 0.6 is 11.3 Å². The Kier molecular flexibility index (Phi) is 4.04. The maximum absolute atomic E-state index is 12.1. The van der Waals surface area contributed by atoms with Gasteiger partial charge < -0.3 is 19.4 Å². The fourth-order valence-corrected chi connectivity index (χ4v) is 3.68. The van der Waals surface area contributed by atoms with Crippen LogP contribution in [0.4, 0.5) is 9.80 Å². The fourth-order valence-electron chi connectivity index (χ4n) is 2.47. The Morgan fingerprint density at radius 3 is 3.00 bits per heavy atom. The highest BCUT2D eigenvalue weighted by molar-refractivity contribution is 7.16. The first kappa shape index (κ1) is 15.1. The molecule has 0 fully saturated rings. The van der Waals surface area contributed by atoms with Gasteiger partial charge >= 0.3 is 6.09 Å². The topological polar surface area (TPSA) is 95.6 Å². The molecule has 0 saturated carbocycles. The Bertz CT molecular complexity index is 788. The van der Waals surface area contributed by atoms with Crippen molar-refractivity contribution in [2.45, 2.75) is 13.0 Å². The number of rotatable bonds is 2. The molecule has 0 atom stereocenters. The first-order valence-corrected chi connectivity index (χ1v) is 7.68. The van der Waals surface area contributed by atoms with E-state index in [1.807, 2.05) is 0 Å². The van der Waals surface area contributed by atoms with Gasteiger partial charge in [-0.05, 0) is 24.1 Å². The number of nitriles is 1. The van der Waals surface area contributed by atoms with Gasteiger partial charge in [0.2, 0.25) is 0 Å². The molecule has 1 aliphatic heterocycles. The first-order chi connectivity index (χ1) is 11.1. The van der Waals surface area contributed by atoms with Crippen LogP contribution in [-0.4, -0.2) is 30.6 Å². The van der Waals surface area contributed by atoms with Crippen molar-refractivity contribution >= 4 is 28.3 Å². The minimum absolute atomic E-state index is 0.177. The second-order valence-electron chi connectivity index (χ2n) is 4.89. The van der Waals surface area contributed by atoms with E-state index < -0.39 is 12.0 Å². The first-order valence-electron chi connectivity index (χ1n) is 6.86. The van der Waals surface area contributed by atoms with Gasteiger partial charge in [-0.15, -0.1) is 11.3 Å². The third-order valence-corrected chi connectivity index (χ3v) is 4.71. The smallest absolute Gasteiger partial charge is 0.409 e. The summed E-state index contributed by atoms with van der Waals surface area (Å²) in [6.45, 7) is 0.856. The fraction of sp³-hybridized carbons (Fsp3) is 0.267. The Morgan fingerprint density at radius 1 is 1.52 bits per heavy atom. The molecule has 2 aromatic heterocycles. The van der Waals surface area contributed by atoms with Gasteiger partial charge in [0.15, 0.2) is 5.76 Å². The number of nitrogens with one attached hydrogen (secondary N) is 1. The summed E-state index contributed by atoms with van der Waals surface area (Å²) in [5.74, 6) is -0.230. The minimum Gasteiger partial charge on any atom is -0.459 e. The van der Waals surface area contributed by atoms with Gasteiger partial charge in [0.1, 0.15) is 11.1 Å². The third kappa shape index (κ3) is 2.78. The molecule has 0 bridgehead atoms. The van der Waals surface area contributed by atoms with Gasteiger partial charge in [-0.25, -0.2) is 4.79 Å². The molecule has 0 spiro atoms. The van der Waals surface area contributed by atoms with Crippen molar-refractivity contribution in [3.05, 3.63) is 40.2 Å². The van der Waals surface area contributed by atoms with E-state index in [4.69, 9.17) is 9.15 Å². The van der Waals surface area contributed by atoms with Crippen LogP contribution in [0.2, 0.25) is 0 Å². The highest BCUT2D eigenvalue weighted by Gasteiger charge is 2.28. The van der Waals surface area contributed by atoms with Gasteiger partial charge in [0.25, 0.3) is 5.91 Å². The number of carbonyl (C=O) groups is 2. The average Bonchev–Trinajstić information content (AvgIpc) is 3.20. The van der Waals surface area contributed by atoms with Crippen LogP contribution in [0.15, 0.2) is 22.8 Å². The predicted octanol–water partition coefficient (Wildman–Crippen LogP) is 2.59. The highest BCUT2D eigenvalue weighted by Crippen LogP contribution is 2.37. The van der Waals surface area contributed by atoms with Crippen LogP contribution in [0.25, 0.3) is 0 Å². The molecule has 23 heavy (non-hydrogen) atoms. The van der Waals surface area contributed by atoms with Crippen molar-refractivity contribution in [2.75, 3.05) is 19.0 Å². The van der Waals surface area contributed by atoms with E-state index in [-0.39, 0.29) is 5.76 Å². The normalized spacial score (nSPS) is 13.1. The monoisotopic (exact) mass is 331 g/mol. The van der Waals surface area contributed by atoms with Crippen LogP contribution in [0.3, 0.4) is 0 Å². The molecule has 3 rings (SSSR count). The van der Waals surface area contributed by atoms with Gasteiger partial charge in [-0.3, -0.25) is 4.79 Å². The molecular weight excluding hydrogens is 318 g/mol. The van der Waals surface area contributed by atoms with Gasteiger partial charge in [0, 0.05) is 11.4 Å². The van der Waals surface area contributed by atoms with E-state index in [0.717, 1.165) is 10.4 Å². The van der Waals surface area contributed by atoms with E-state index in [2.05, 4.69) is 11.4 Å². The number of ether oxygens (including phenoxy) is 1. The molecule has 7 nitrogen and oxygen atoms in total. The van der Waals surface area contributed by atoms with Crippen molar-refractivity contribution in [3.63, 3.8) is 0 Å². The second kappa shape index (κ2) is 6.14. The Morgan fingerprint density at radius 2 is 2.35 bits per heavy atom. The van der Waals surface area contributed by atoms with Gasteiger partial charge in [-0.2, -0.15) is 5.26 Å². The maximum Gasteiger partial charge on any atom is 0.409 e. The number of hydrogen-bond acceptors (Lipinski definition) is 6. The summed E-state index contributed by atoms with van der Waals surface area (Å²) in [7, 11) is 1.34. The summed E-state index contributed by atoms with van der Waals surface area (Å²) in [4.78, 5) is 26.2. The molecular formula is C15H13N3O4S. The van der Waals surface area contributed by atoms with Crippen molar-refractivity contribution < 1.29 is 18.7 Å². The summed E-state index contributed by atoms with van der Waals surface area (Å²) in [6, 6.07) is 5.31. The van der Waals surface area contributed by atoms with Crippen LogP contribution in [0.1, 0.15) is 26.6 Å². The lowest BCUT2D eigenvalue weighted by atomic mass is 10.0. The number of anilines is 1. The van der Waals surface area contributed by atoms with Gasteiger partial charge in [0.05, 0.1) is 25.5 Å². The van der Waals surface area contributed by atoms with Crippen molar-refractivity contribution in [3.8, 4) is 6.07 Å². The summed E-state index contributed by atoms with van der Waals surface area (Å²) < 4.78 is 9.77. The second-order valence-corrected chi connectivity index (χ2v) is 6.00. The molecule has 1 N–H and O–H groups in total. The lowest BCUT2D eigenvalue weighted by Crippen LogP contribution is -2.35. The summed E-state index contributed by atoms with van der Waals surface area (Å²) in [6.07, 6.45) is 1.57. The zero-order valence-electron chi connectivity index (χ0n) is 12.3. The van der Waals surface area contributed by atoms with Gasteiger partial charge in [-0.1, -0.05) is 0 Å². The number of carbonyl (C=O) groups excluding carboxylic acids is 2. The minimum atomic E-state index is -0.407. The van der Waals surface area contributed by atoms with Crippen LogP contribution in [-0.2, 0) is 17.7 Å². The quantitative estimate of drug-likeness (QED) is 0.912. The summed E-state index contributed by atoms with van der Waals surface area (Å²) in [5, 5.41) is 12.6. The molecule has 2 amide bonds. The number of fused-ring (bicyclic) bond motifs is 1. The largest absolute Gasteiger partial charge is 0.459 e. The van der Waals surface area contributed by atoms with Crippen LogP contribution in [0, 0.1) is 11.3 Å². The summed E-state index contributed by atoms with van der Waals surface area (Å²) in [5.41, 5.74) is 1.34. The van der Waals surface area contributed by atoms with Crippen molar-refractivity contribution in [1.82, 2.24) is 4.90 Å². The molecule has 3 heterocycles. The number of methoxy groups -OCH3 is 1. The number of thiophene rings is 1. The van der Waals surface area contributed by atoms with Crippen LogP contribution in [0.5, 0.6) is 0 Å².